The van der Waals surface area contributed by atoms with Crippen LogP contribution in [0.2, 0.25) is 0 Å². The summed E-state index contributed by atoms with van der Waals surface area (Å²) in [6.07, 6.45) is 0. The highest BCUT2D eigenvalue weighted by molar-refractivity contribution is 6.08. The molecule has 1 amide bonds. The molecule has 0 fully saturated rings. The minimum Gasteiger partial charge on any atom is -0.508 e. The van der Waals surface area contributed by atoms with Gasteiger partial charge in [-0.25, -0.2) is 0 Å². The van der Waals surface area contributed by atoms with Crippen molar-refractivity contribution in [3.05, 3.63) is 54.1 Å². The van der Waals surface area contributed by atoms with Gasteiger partial charge in [-0.05, 0) is 43.3 Å². The number of para-hydroxylation sites is 1. The van der Waals surface area contributed by atoms with Gasteiger partial charge < -0.3 is 15.7 Å². The maximum Gasteiger partial charge on any atom is 0.257 e. The van der Waals surface area contributed by atoms with Crippen LogP contribution in [0.15, 0.2) is 48.5 Å². The van der Waals surface area contributed by atoms with Crippen LogP contribution >= 0.6 is 0 Å². The second-order valence-corrected chi connectivity index (χ2v) is 4.08. The molecule has 0 aliphatic heterocycles. The highest BCUT2D eigenvalue weighted by Gasteiger charge is 2.10. The smallest absolute Gasteiger partial charge is 0.257 e. The zero-order chi connectivity index (χ0) is 13.7. The summed E-state index contributed by atoms with van der Waals surface area (Å²) >= 11 is 0. The third-order valence-corrected chi connectivity index (χ3v) is 2.66. The number of benzene rings is 2. The number of carbonyl (C=O) groups is 1. The van der Waals surface area contributed by atoms with Crippen molar-refractivity contribution in [1.29, 1.82) is 0 Å². The van der Waals surface area contributed by atoms with Gasteiger partial charge in [0.05, 0.1) is 5.56 Å². The molecule has 2 aromatic carbocycles. The normalized spacial score (nSPS) is 9.95. The molecule has 4 heteroatoms. The first-order valence-corrected chi connectivity index (χ1v) is 6.14. The molecule has 19 heavy (non-hydrogen) atoms. The zero-order valence-corrected chi connectivity index (χ0v) is 10.7. The number of rotatable bonds is 4. The van der Waals surface area contributed by atoms with Gasteiger partial charge in [-0.2, -0.15) is 0 Å². The maximum absolute atomic E-state index is 12.2. The van der Waals surface area contributed by atoms with E-state index in [1.54, 1.807) is 18.2 Å². The van der Waals surface area contributed by atoms with Crippen molar-refractivity contribution in [3.8, 4) is 5.75 Å². The minimum absolute atomic E-state index is 0.172. The van der Waals surface area contributed by atoms with E-state index in [1.165, 1.54) is 12.1 Å². The monoisotopic (exact) mass is 256 g/mol. The van der Waals surface area contributed by atoms with E-state index < -0.39 is 0 Å². The molecular formula is C15H16N2O2. The fourth-order valence-electron chi connectivity index (χ4n) is 1.77. The lowest BCUT2D eigenvalue weighted by Crippen LogP contribution is -2.14. The number of aromatic hydroxyl groups is 1. The Bertz CT molecular complexity index is 565. The van der Waals surface area contributed by atoms with Crippen LogP contribution in [0.5, 0.6) is 5.75 Å². The van der Waals surface area contributed by atoms with Crippen molar-refractivity contribution in [3.63, 3.8) is 0 Å². The van der Waals surface area contributed by atoms with E-state index in [2.05, 4.69) is 10.6 Å². The third-order valence-electron chi connectivity index (χ3n) is 2.66. The predicted octanol–water partition coefficient (Wildman–Crippen LogP) is 3.08. The van der Waals surface area contributed by atoms with Crippen molar-refractivity contribution < 1.29 is 9.90 Å². The lowest BCUT2D eigenvalue weighted by atomic mass is 10.1. The van der Waals surface area contributed by atoms with E-state index in [1.807, 2.05) is 25.1 Å². The zero-order valence-electron chi connectivity index (χ0n) is 10.7. The Morgan fingerprint density at radius 1 is 1.11 bits per heavy atom. The van der Waals surface area contributed by atoms with Gasteiger partial charge in [-0.15, -0.1) is 0 Å². The van der Waals surface area contributed by atoms with Gasteiger partial charge in [0, 0.05) is 17.9 Å². The van der Waals surface area contributed by atoms with Crippen LogP contribution in [0.25, 0.3) is 0 Å². The summed E-state index contributed by atoms with van der Waals surface area (Å²) in [6, 6.07) is 13.7. The van der Waals surface area contributed by atoms with Crippen molar-refractivity contribution in [2.24, 2.45) is 0 Å². The molecule has 0 heterocycles. The van der Waals surface area contributed by atoms with Crippen molar-refractivity contribution in [2.45, 2.75) is 6.92 Å². The molecule has 0 spiro atoms. The average Bonchev–Trinajstić information content (AvgIpc) is 2.42. The second kappa shape index (κ2) is 5.91. The first-order valence-electron chi connectivity index (χ1n) is 6.14. The molecule has 0 unspecified atom stereocenters. The van der Waals surface area contributed by atoms with E-state index in [0.717, 1.165) is 12.2 Å². The number of phenols is 1. The van der Waals surface area contributed by atoms with Gasteiger partial charge in [-0.1, -0.05) is 12.1 Å². The fourth-order valence-corrected chi connectivity index (χ4v) is 1.77. The molecule has 0 saturated carbocycles. The number of hydrogen-bond donors (Lipinski definition) is 3. The molecule has 2 aromatic rings. The highest BCUT2D eigenvalue weighted by atomic mass is 16.3. The van der Waals surface area contributed by atoms with Crippen molar-refractivity contribution >= 4 is 17.3 Å². The standard InChI is InChI=1S/C15H16N2O2/c1-2-16-14-6-4-3-5-13(14)15(19)17-11-7-9-12(18)10-8-11/h3-10,16,18H,2H2,1H3,(H,17,19). The molecular weight excluding hydrogens is 240 g/mol. The molecule has 0 aromatic heterocycles. The largest absolute Gasteiger partial charge is 0.508 e. The predicted molar refractivity (Wildman–Crippen MR) is 76.7 cm³/mol. The van der Waals surface area contributed by atoms with E-state index in [-0.39, 0.29) is 11.7 Å². The van der Waals surface area contributed by atoms with Crippen LogP contribution in [-0.2, 0) is 0 Å². The topological polar surface area (TPSA) is 61.4 Å². The number of anilines is 2. The Labute approximate surface area is 112 Å². The summed E-state index contributed by atoms with van der Waals surface area (Å²) in [5.41, 5.74) is 2.05. The highest BCUT2D eigenvalue weighted by Crippen LogP contribution is 2.18. The van der Waals surface area contributed by atoms with Crippen LogP contribution in [0.3, 0.4) is 0 Å². The van der Waals surface area contributed by atoms with Crippen molar-refractivity contribution in [1.82, 2.24) is 0 Å². The van der Waals surface area contributed by atoms with Gasteiger partial charge in [-0.3, -0.25) is 4.79 Å². The first-order chi connectivity index (χ1) is 9.20. The first kappa shape index (κ1) is 13.0. The fraction of sp³-hybridized carbons (Fsp3) is 0.133. The number of amides is 1. The van der Waals surface area contributed by atoms with Gasteiger partial charge >= 0.3 is 0 Å². The maximum atomic E-state index is 12.2. The lowest BCUT2D eigenvalue weighted by Gasteiger charge is -2.11. The molecule has 4 nitrogen and oxygen atoms in total. The van der Waals surface area contributed by atoms with Gasteiger partial charge in [0.2, 0.25) is 0 Å². The van der Waals surface area contributed by atoms with Gasteiger partial charge in [0.25, 0.3) is 5.91 Å². The molecule has 0 atom stereocenters. The lowest BCUT2D eigenvalue weighted by molar-refractivity contribution is 0.102. The Hall–Kier alpha value is -2.49. The molecule has 0 aliphatic rings. The molecule has 0 saturated heterocycles. The minimum atomic E-state index is -0.178. The third kappa shape index (κ3) is 3.25. The van der Waals surface area contributed by atoms with E-state index >= 15 is 0 Å². The van der Waals surface area contributed by atoms with Crippen LogP contribution in [-0.4, -0.2) is 17.6 Å². The number of nitrogens with one attached hydrogen (secondary N) is 2. The van der Waals surface area contributed by atoms with Crippen LogP contribution < -0.4 is 10.6 Å². The number of carbonyl (C=O) groups excluding carboxylic acids is 1. The Kier molecular flexibility index (Phi) is 4.03. The molecule has 3 N–H and O–H groups in total. The second-order valence-electron chi connectivity index (χ2n) is 4.08. The summed E-state index contributed by atoms with van der Waals surface area (Å²) in [4.78, 5) is 12.2. The van der Waals surface area contributed by atoms with E-state index in [4.69, 9.17) is 0 Å². The SMILES string of the molecule is CCNc1ccccc1C(=O)Nc1ccc(O)cc1. The van der Waals surface area contributed by atoms with Crippen molar-refractivity contribution in [2.75, 3.05) is 17.2 Å². The Morgan fingerprint density at radius 3 is 2.47 bits per heavy atom. The molecule has 0 radical (unpaired) electrons. The van der Waals surface area contributed by atoms with Gasteiger partial charge in [0.15, 0.2) is 0 Å². The Morgan fingerprint density at radius 2 is 1.79 bits per heavy atom. The summed E-state index contributed by atoms with van der Waals surface area (Å²) in [5.74, 6) is -0.00621. The van der Waals surface area contributed by atoms with Crippen LogP contribution in [0.4, 0.5) is 11.4 Å². The number of hydrogen-bond acceptors (Lipinski definition) is 3. The summed E-state index contributed by atoms with van der Waals surface area (Å²) in [6.45, 7) is 2.73. The molecule has 2 rings (SSSR count). The summed E-state index contributed by atoms with van der Waals surface area (Å²) < 4.78 is 0. The molecule has 98 valence electrons. The Balaban J connectivity index is 2.18. The summed E-state index contributed by atoms with van der Waals surface area (Å²) in [7, 11) is 0. The quantitative estimate of drug-likeness (QED) is 0.737. The molecule has 0 aliphatic carbocycles. The average molecular weight is 256 g/mol. The van der Waals surface area contributed by atoms with Crippen LogP contribution in [0.1, 0.15) is 17.3 Å². The summed E-state index contributed by atoms with van der Waals surface area (Å²) in [5, 5.41) is 15.1. The van der Waals surface area contributed by atoms with Crippen LogP contribution in [0, 0.1) is 0 Å². The van der Waals surface area contributed by atoms with E-state index in [0.29, 0.717) is 11.3 Å². The number of phenolic OH excluding ortho intramolecular Hbond substituents is 1. The van der Waals surface area contributed by atoms with E-state index in [9.17, 15) is 9.90 Å². The molecule has 0 bridgehead atoms. The van der Waals surface area contributed by atoms with Gasteiger partial charge in [0.1, 0.15) is 5.75 Å².